The summed E-state index contributed by atoms with van der Waals surface area (Å²) in [6, 6.07) is 21.5. The van der Waals surface area contributed by atoms with Gasteiger partial charge in [0.1, 0.15) is 11.5 Å². The first-order valence-corrected chi connectivity index (χ1v) is 11.9. The van der Waals surface area contributed by atoms with Crippen LogP contribution in [0.15, 0.2) is 72.8 Å². The number of carbonyl (C=O) groups is 3. The van der Waals surface area contributed by atoms with Crippen molar-refractivity contribution in [1.29, 1.82) is 0 Å². The molecule has 3 aromatic carbocycles. The Morgan fingerprint density at radius 2 is 1.50 bits per heavy atom. The van der Waals surface area contributed by atoms with Gasteiger partial charge in [-0.05, 0) is 52.9 Å². The van der Waals surface area contributed by atoms with Crippen LogP contribution in [0, 0.1) is 3.57 Å². The molecule has 0 radical (unpaired) electrons. The molecule has 5 nitrogen and oxygen atoms in total. The van der Waals surface area contributed by atoms with Crippen molar-refractivity contribution in [2.75, 3.05) is 11.6 Å². The molecule has 3 amide bonds. The second-order valence-electron chi connectivity index (χ2n) is 7.15. The highest BCUT2D eigenvalue weighted by Gasteiger charge is 2.38. The molecule has 0 bridgehead atoms. The van der Waals surface area contributed by atoms with Gasteiger partial charge in [0.25, 0.3) is 17.7 Å². The maximum absolute atomic E-state index is 13.8. The zero-order valence-electron chi connectivity index (χ0n) is 16.4. The van der Waals surface area contributed by atoms with E-state index in [9.17, 15) is 14.4 Å². The molecule has 0 spiro atoms. The Balaban J connectivity index is 1.59. The first-order chi connectivity index (χ1) is 15.5. The zero-order valence-corrected chi connectivity index (χ0v) is 20.1. The molecule has 2 heterocycles. The summed E-state index contributed by atoms with van der Waals surface area (Å²) >= 11 is 10.0. The van der Waals surface area contributed by atoms with Crippen molar-refractivity contribution in [2.24, 2.45) is 0 Å². The molecule has 1 aliphatic rings. The molecule has 0 fully saturated rings. The van der Waals surface area contributed by atoms with Crippen LogP contribution in [0.25, 0.3) is 10.1 Å². The molecule has 5 rings (SSSR count). The Morgan fingerprint density at radius 3 is 2.16 bits per heavy atom. The van der Waals surface area contributed by atoms with Gasteiger partial charge in [0.15, 0.2) is 0 Å². The van der Waals surface area contributed by atoms with Gasteiger partial charge in [-0.1, -0.05) is 54.1 Å². The van der Waals surface area contributed by atoms with Crippen molar-refractivity contribution in [1.82, 2.24) is 4.90 Å². The summed E-state index contributed by atoms with van der Waals surface area (Å²) in [5.74, 6) is -1.20. The third kappa shape index (κ3) is 3.41. The summed E-state index contributed by atoms with van der Waals surface area (Å²) in [5.41, 5.74) is 1.28. The van der Waals surface area contributed by atoms with Crippen molar-refractivity contribution in [3.05, 3.63) is 97.4 Å². The lowest BCUT2D eigenvalue weighted by Gasteiger charge is -2.27. The van der Waals surface area contributed by atoms with Crippen LogP contribution < -0.4 is 4.90 Å². The number of rotatable bonds is 4. The summed E-state index contributed by atoms with van der Waals surface area (Å²) < 4.78 is 1.71. The van der Waals surface area contributed by atoms with Gasteiger partial charge in [-0.25, -0.2) is 0 Å². The average Bonchev–Trinajstić information content (AvgIpc) is 3.27. The molecule has 1 aromatic heterocycles. The van der Waals surface area contributed by atoms with Crippen molar-refractivity contribution in [3.8, 4) is 0 Å². The lowest BCUT2D eigenvalue weighted by atomic mass is 10.1. The van der Waals surface area contributed by atoms with Crippen molar-refractivity contribution >= 4 is 79.0 Å². The number of nitrogens with zero attached hydrogens (tertiary/aromatic N) is 2. The fourth-order valence-electron chi connectivity index (χ4n) is 3.70. The van der Waals surface area contributed by atoms with Crippen LogP contribution in [-0.4, -0.2) is 29.3 Å². The van der Waals surface area contributed by atoms with Gasteiger partial charge in [0, 0.05) is 13.7 Å². The van der Waals surface area contributed by atoms with E-state index in [0.29, 0.717) is 26.7 Å². The van der Waals surface area contributed by atoms with E-state index in [1.165, 1.54) is 16.2 Å². The Hall–Kier alpha value is -2.75. The van der Waals surface area contributed by atoms with E-state index in [1.807, 2.05) is 42.5 Å². The molecule has 0 aliphatic carbocycles. The zero-order chi connectivity index (χ0) is 22.4. The van der Waals surface area contributed by atoms with Crippen LogP contribution in [-0.2, 0) is 0 Å². The molecular formula is C24H14ClIN2O3S. The predicted octanol–water partition coefficient (Wildman–Crippen LogP) is 6.06. The summed E-state index contributed by atoms with van der Waals surface area (Å²) in [6.07, 6.45) is 0. The highest BCUT2D eigenvalue weighted by Crippen LogP contribution is 2.37. The Labute approximate surface area is 206 Å². The first-order valence-electron chi connectivity index (χ1n) is 9.66. The predicted molar refractivity (Wildman–Crippen MR) is 135 cm³/mol. The number of fused-ring (bicyclic) bond motifs is 2. The molecule has 1 aliphatic heterocycles. The lowest BCUT2D eigenvalue weighted by molar-refractivity contribution is 0.0650. The molecule has 32 heavy (non-hydrogen) atoms. The summed E-state index contributed by atoms with van der Waals surface area (Å²) in [6.45, 7) is -0.213. The van der Waals surface area contributed by atoms with E-state index in [2.05, 4.69) is 22.6 Å². The molecule has 8 heteroatoms. The fourth-order valence-corrected chi connectivity index (χ4v) is 5.84. The Kier molecular flexibility index (Phi) is 5.48. The minimum absolute atomic E-state index is 0.213. The standard InChI is InChI=1S/C24H14ClIN2O3S/c25-20-16-9-3-6-12-19(16)32-21(20)24(31)27(18-11-5-4-10-17(18)26)13-28-22(29)14-7-1-2-8-15(14)23(28)30/h1-12H,13H2. The maximum Gasteiger partial charge on any atom is 0.271 e. The van der Waals surface area contributed by atoms with E-state index in [1.54, 1.807) is 30.3 Å². The second-order valence-corrected chi connectivity index (χ2v) is 9.74. The number of carbonyl (C=O) groups excluding carboxylic acids is 3. The van der Waals surface area contributed by atoms with E-state index >= 15 is 0 Å². The molecule has 0 atom stereocenters. The third-order valence-corrected chi connectivity index (χ3v) is 7.85. The minimum Gasteiger partial charge on any atom is -0.288 e. The Morgan fingerprint density at radius 1 is 0.906 bits per heavy atom. The van der Waals surface area contributed by atoms with Crippen LogP contribution >= 0.6 is 45.5 Å². The number of para-hydroxylation sites is 1. The molecule has 0 saturated heterocycles. The van der Waals surface area contributed by atoms with Gasteiger partial charge >= 0.3 is 0 Å². The van der Waals surface area contributed by atoms with Crippen molar-refractivity contribution in [2.45, 2.75) is 0 Å². The molecule has 0 unspecified atom stereocenters. The average molecular weight is 573 g/mol. The van der Waals surface area contributed by atoms with Crippen molar-refractivity contribution in [3.63, 3.8) is 0 Å². The number of hydrogen-bond acceptors (Lipinski definition) is 4. The smallest absolute Gasteiger partial charge is 0.271 e. The molecule has 158 valence electrons. The fraction of sp³-hybridized carbons (Fsp3) is 0.0417. The first kappa shape index (κ1) is 21.1. The summed E-state index contributed by atoms with van der Waals surface area (Å²) in [4.78, 5) is 42.6. The maximum atomic E-state index is 13.8. The monoisotopic (exact) mass is 572 g/mol. The highest BCUT2D eigenvalue weighted by molar-refractivity contribution is 14.1. The van der Waals surface area contributed by atoms with Crippen LogP contribution in [0.5, 0.6) is 0 Å². The van der Waals surface area contributed by atoms with E-state index in [-0.39, 0.29) is 12.6 Å². The lowest BCUT2D eigenvalue weighted by Crippen LogP contribution is -2.44. The second kappa shape index (κ2) is 8.31. The van der Waals surface area contributed by atoms with Crippen LogP contribution in [0.4, 0.5) is 5.69 Å². The SMILES string of the molecule is O=C1c2ccccc2C(=O)N1CN(C(=O)c1sc2ccccc2c1Cl)c1ccccc1I. The van der Waals surface area contributed by atoms with Gasteiger partial charge < -0.3 is 0 Å². The molecular weight excluding hydrogens is 559 g/mol. The van der Waals surface area contributed by atoms with E-state index in [4.69, 9.17) is 11.6 Å². The van der Waals surface area contributed by atoms with Gasteiger partial charge in [-0.2, -0.15) is 0 Å². The third-order valence-electron chi connectivity index (χ3n) is 5.28. The van der Waals surface area contributed by atoms with Gasteiger partial charge in [-0.3, -0.25) is 24.2 Å². The van der Waals surface area contributed by atoms with Crippen LogP contribution in [0.3, 0.4) is 0 Å². The number of benzene rings is 3. The van der Waals surface area contributed by atoms with Crippen molar-refractivity contribution < 1.29 is 14.4 Å². The number of imide groups is 1. The van der Waals surface area contributed by atoms with Gasteiger partial charge in [0.2, 0.25) is 0 Å². The number of thiophene rings is 1. The van der Waals surface area contributed by atoms with Crippen LogP contribution in [0.1, 0.15) is 30.4 Å². The van der Waals surface area contributed by atoms with E-state index < -0.39 is 11.8 Å². The van der Waals surface area contributed by atoms with E-state index in [0.717, 1.165) is 18.6 Å². The quantitative estimate of drug-likeness (QED) is 0.221. The number of halogens is 2. The number of anilines is 1. The summed E-state index contributed by atoms with van der Waals surface area (Å²) in [7, 11) is 0. The summed E-state index contributed by atoms with van der Waals surface area (Å²) in [5, 5.41) is 1.17. The molecule has 4 aromatic rings. The van der Waals surface area contributed by atoms with Gasteiger partial charge in [-0.15, -0.1) is 11.3 Å². The Bertz CT molecular complexity index is 1380. The topological polar surface area (TPSA) is 57.7 Å². The minimum atomic E-state index is -0.420. The largest absolute Gasteiger partial charge is 0.288 e. The molecule has 0 saturated carbocycles. The number of hydrogen-bond donors (Lipinski definition) is 0. The normalized spacial score (nSPS) is 13.0. The number of amides is 3. The highest BCUT2D eigenvalue weighted by atomic mass is 127. The van der Waals surface area contributed by atoms with Gasteiger partial charge in [0.05, 0.1) is 21.8 Å². The van der Waals surface area contributed by atoms with Crippen LogP contribution in [0.2, 0.25) is 5.02 Å². The molecule has 0 N–H and O–H groups in total.